The molecule has 1 heterocycles. The quantitative estimate of drug-likeness (QED) is 0.754. The van der Waals surface area contributed by atoms with Gasteiger partial charge in [-0.25, -0.2) is 4.98 Å². The van der Waals surface area contributed by atoms with E-state index in [4.69, 9.17) is 11.5 Å². The Kier molecular flexibility index (Phi) is 2.96. The Morgan fingerprint density at radius 3 is 2.70 bits per heavy atom. The third-order valence-corrected chi connectivity index (χ3v) is 3.31. The summed E-state index contributed by atoms with van der Waals surface area (Å²) >= 11 is 0. The van der Waals surface area contributed by atoms with E-state index < -0.39 is 5.91 Å². The number of carbonyl (C=O) groups excluding carboxylic acids is 1. The van der Waals surface area contributed by atoms with E-state index in [1.54, 1.807) is 18.5 Å². The lowest BCUT2D eigenvalue weighted by molar-refractivity contribution is 0.100. The van der Waals surface area contributed by atoms with Crippen LogP contribution in [0.5, 0.6) is 0 Å². The van der Waals surface area contributed by atoms with Crippen molar-refractivity contribution in [2.75, 3.05) is 0 Å². The first-order valence-electron chi connectivity index (χ1n) is 6.26. The Morgan fingerprint density at radius 1 is 1.15 bits per heavy atom. The van der Waals surface area contributed by atoms with E-state index in [1.165, 1.54) is 0 Å². The summed E-state index contributed by atoms with van der Waals surface area (Å²) in [4.78, 5) is 15.7. The van der Waals surface area contributed by atoms with Gasteiger partial charge in [-0.05, 0) is 23.8 Å². The molecule has 0 spiro atoms. The summed E-state index contributed by atoms with van der Waals surface area (Å²) in [7, 11) is 0. The van der Waals surface area contributed by atoms with Crippen LogP contribution in [-0.2, 0) is 6.54 Å². The van der Waals surface area contributed by atoms with Crippen LogP contribution < -0.4 is 11.5 Å². The number of fused-ring (bicyclic) bond motifs is 1. The van der Waals surface area contributed by atoms with Crippen LogP contribution in [-0.4, -0.2) is 15.5 Å². The summed E-state index contributed by atoms with van der Waals surface area (Å²) in [6.45, 7) is 0.436. The predicted octanol–water partition coefficient (Wildman–Crippen LogP) is 1.58. The minimum Gasteiger partial charge on any atom is -0.366 e. The van der Waals surface area contributed by atoms with Gasteiger partial charge in [0.15, 0.2) is 0 Å². The van der Waals surface area contributed by atoms with E-state index in [-0.39, 0.29) is 0 Å². The number of nitrogens with zero attached hydrogens (tertiary/aromatic N) is 2. The number of imidazole rings is 1. The molecule has 100 valence electrons. The van der Waals surface area contributed by atoms with Gasteiger partial charge in [0.25, 0.3) is 5.91 Å². The van der Waals surface area contributed by atoms with Crippen molar-refractivity contribution in [3.05, 3.63) is 59.9 Å². The second-order valence-electron chi connectivity index (χ2n) is 4.48. The Morgan fingerprint density at radius 2 is 1.95 bits per heavy atom. The number of primary amides is 1. The van der Waals surface area contributed by atoms with Crippen molar-refractivity contribution in [3.8, 4) is 5.69 Å². The third-order valence-electron chi connectivity index (χ3n) is 3.31. The first-order valence-corrected chi connectivity index (χ1v) is 6.26. The van der Waals surface area contributed by atoms with E-state index in [0.717, 1.165) is 16.8 Å². The predicted molar refractivity (Wildman–Crippen MR) is 77.5 cm³/mol. The number of aromatic nitrogens is 2. The molecule has 4 N–H and O–H groups in total. The summed E-state index contributed by atoms with van der Waals surface area (Å²) in [5, 5.41) is 0. The topological polar surface area (TPSA) is 86.9 Å². The van der Waals surface area contributed by atoms with E-state index >= 15 is 0 Å². The van der Waals surface area contributed by atoms with Crippen molar-refractivity contribution >= 4 is 16.9 Å². The van der Waals surface area contributed by atoms with Crippen LogP contribution in [0.1, 0.15) is 15.9 Å². The minimum atomic E-state index is -0.479. The molecule has 3 aromatic rings. The van der Waals surface area contributed by atoms with Gasteiger partial charge in [0.2, 0.25) is 0 Å². The molecule has 3 rings (SSSR count). The molecule has 0 aliphatic rings. The van der Waals surface area contributed by atoms with Crippen molar-refractivity contribution in [1.82, 2.24) is 9.55 Å². The van der Waals surface area contributed by atoms with Gasteiger partial charge in [0.05, 0.1) is 16.8 Å². The summed E-state index contributed by atoms with van der Waals surface area (Å²) in [5.74, 6) is -0.479. The van der Waals surface area contributed by atoms with Gasteiger partial charge in [0, 0.05) is 6.54 Å². The zero-order chi connectivity index (χ0) is 14.1. The number of amides is 1. The first-order chi connectivity index (χ1) is 9.72. The van der Waals surface area contributed by atoms with Crippen molar-refractivity contribution in [2.24, 2.45) is 11.5 Å². The molecule has 1 amide bonds. The second kappa shape index (κ2) is 4.79. The van der Waals surface area contributed by atoms with Gasteiger partial charge in [-0.1, -0.05) is 24.3 Å². The summed E-state index contributed by atoms with van der Waals surface area (Å²) in [6.07, 6.45) is 1.69. The fraction of sp³-hybridized carbons (Fsp3) is 0.0667. The zero-order valence-electron chi connectivity index (χ0n) is 10.8. The van der Waals surface area contributed by atoms with Gasteiger partial charge >= 0.3 is 0 Å². The number of nitrogens with two attached hydrogens (primary N) is 2. The highest BCUT2D eigenvalue weighted by atomic mass is 16.1. The maximum atomic E-state index is 11.4. The fourth-order valence-electron chi connectivity index (χ4n) is 2.35. The molecular weight excluding hydrogens is 252 g/mol. The van der Waals surface area contributed by atoms with Crippen molar-refractivity contribution in [2.45, 2.75) is 6.54 Å². The third kappa shape index (κ3) is 1.85. The molecule has 5 nitrogen and oxygen atoms in total. The Hall–Kier alpha value is -2.66. The second-order valence-corrected chi connectivity index (χ2v) is 4.48. The van der Waals surface area contributed by atoms with E-state index in [2.05, 4.69) is 4.98 Å². The molecule has 0 radical (unpaired) electrons. The lowest BCUT2D eigenvalue weighted by atomic mass is 10.1. The fourth-order valence-corrected chi connectivity index (χ4v) is 2.35. The molecule has 1 aromatic heterocycles. The molecule has 0 aliphatic heterocycles. The molecule has 0 atom stereocenters. The van der Waals surface area contributed by atoms with Crippen LogP contribution in [0.15, 0.2) is 48.8 Å². The molecule has 5 heteroatoms. The standard InChI is InChI=1S/C15H14N4O/c16-8-10-4-1-2-6-12(10)19-9-18-14-11(15(17)20)5-3-7-13(14)19/h1-7,9H,8,16H2,(H2,17,20). The lowest BCUT2D eigenvalue weighted by Crippen LogP contribution is -2.11. The van der Waals surface area contributed by atoms with Crippen LogP contribution in [0, 0.1) is 0 Å². The normalized spacial score (nSPS) is 10.8. The maximum Gasteiger partial charge on any atom is 0.250 e. The molecule has 0 saturated carbocycles. The summed E-state index contributed by atoms with van der Waals surface area (Å²) in [5.41, 5.74) is 15.0. The van der Waals surface area contributed by atoms with Crippen LogP contribution in [0.25, 0.3) is 16.7 Å². The zero-order valence-corrected chi connectivity index (χ0v) is 10.8. The summed E-state index contributed by atoms with van der Waals surface area (Å²) < 4.78 is 1.92. The smallest absolute Gasteiger partial charge is 0.250 e. The van der Waals surface area contributed by atoms with Gasteiger partial charge in [-0.15, -0.1) is 0 Å². The average Bonchev–Trinajstić information content (AvgIpc) is 2.90. The monoisotopic (exact) mass is 266 g/mol. The number of hydrogen-bond donors (Lipinski definition) is 2. The molecule has 0 unspecified atom stereocenters. The molecule has 2 aromatic carbocycles. The molecular formula is C15H14N4O. The van der Waals surface area contributed by atoms with Crippen LogP contribution in [0.4, 0.5) is 0 Å². The number of para-hydroxylation sites is 2. The van der Waals surface area contributed by atoms with Crippen LogP contribution >= 0.6 is 0 Å². The Bertz CT molecular complexity index is 791. The highest BCUT2D eigenvalue weighted by Crippen LogP contribution is 2.23. The Balaban J connectivity index is 2.28. The highest BCUT2D eigenvalue weighted by molar-refractivity contribution is 6.04. The van der Waals surface area contributed by atoms with E-state index in [0.29, 0.717) is 17.6 Å². The minimum absolute atomic E-state index is 0.423. The molecule has 0 fully saturated rings. The van der Waals surface area contributed by atoms with Gasteiger partial charge in [0.1, 0.15) is 11.8 Å². The van der Waals surface area contributed by atoms with Gasteiger partial charge < -0.3 is 11.5 Å². The summed E-state index contributed by atoms with van der Waals surface area (Å²) in [6, 6.07) is 13.2. The number of benzene rings is 2. The largest absolute Gasteiger partial charge is 0.366 e. The molecule has 0 aliphatic carbocycles. The van der Waals surface area contributed by atoms with E-state index in [9.17, 15) is 4.79 Å². The lowest BCUT2D eigenvalue weighted by Gasteiger charge is -2.09. The highest BCUT2D eigenvalue weighted by Gasteiger charge is 2.13. The maximum absolute atomic E-state index is 11.4. The molecule has 20 heavy (non-hydrogen) atoms. The number of rotatable bonds is 3. The molecule has 0 saturated heterocycles. The SMILES string of the molecule is NCc1ccccc1-n1cnc2c(C(N)=O)cccc21. The van der Waals surface area contributed by atoms with Gasteiger partial charge in [-0.2, -0.15) is 0 Å². The van der Waals surface area contributed by atoms with Crippen molar-refractivity contribution in [1.29, 1.82) is 0 Å². The molecule has 0 bridgehead atoms. The Labute approximate surface area is 115 Å². The van der Waals surface area contributed by atoms with Crippen LogP contribution in [0.2, 0.25) is 0 Å². The number of hydrogen-bond acceptors (Lipinski definition) is 3. The van der Waals surface area contributed by atoms with Crippen LogP contribution in [0.3, 0.4) is 0 Å². The first kappa shape index (κ1) is 12.4. The number of carbonyl (C=O) groups is 1. The van der Waals surface area contributed by atoms with Gasteiger partial charge in [-0.3, -0.25) is 9.36 Å². The van der Waals surface area contributed by atoms with E-state index in [1.807, 2.05) is 34.9 Å². The van der Waals surface area contributed by atoms with Crippen molar-refractivity contribution in [3.63, 3.8) is 0 Å². The van der Waals surface area contributed by atoms with Crippen molar-refractivity contribution < 1.29 is 4.79 Å². The average molecular weight is 266 g/mol.